The van der Waals surface area contributed by atoms with Crippen LogP contribution in [0.1, 0.15) is 25.2 Å². The number of hydrogen-bond acceptors (Lipinski definition) is 7. The first-order chi connectivity index (χ1) is 16.4. The number of ether oxygens (including phenoxy) is 3. The molecule has 0 aliphatic rings. The van der Waals surface area contributed by atoms with Gasteiger partial charge in [-0.3, -0.25) is 13.9 Å². The van der Waals surface area contributed by atoms with Gasteiger partial charge < -0.3 is 18.8 Å². The molecule has 0 atom stereocenters. The van der Waals surface area contributed by atoms with Crippen molar-refractivity contribution in [2.24, 2.45) is 7.05 Å². The molecule has 178 valence electrons. The summed E-state index contributed by atoms with van der Waals surface area (Å²) in [6, 6.07) is 5.01. The van der Waals surface area contributed by atoms with E-state index in [1.807, 2.05) is 0 Å². The van der Waals surface area contributed by atoms with Crippen LogP contribution in [0.15, 0.2) is 40.4 Å². The molecule has 10 heteroatoms. The van der Waals surface area contributed by atoms with Gasteiger partial charge in [0.1, 0.15) is 0 Å². The van der Waals surface area contributed by atoms with Crippen LogP contribution in [0.3, 0.4) is 0 Å². The summed E-state index contributed by atoms with van der Waals surface area (Å²) in [5, 5.41) is 0. The average Bonchev–Trinajstić information content (AvgIpc) is 3.15. The third-order valence-electron chi connectivity index (χ3n) is 5.00. The highest BCUT2D eigenvalue weighted by Gasteiger charge is 2.18. The average molecular weight is 466 g/mol. The second kappa shape index (κ2) is 10.6. The number of carbonyl (C=O) groups is 1. The summed E-state index contributed by atoms with van der Waals surface area (Å²) in [4.78, 5) is 41.6. The number of aromatic nitrogens is 4. The predicted molar refractivity (Wildman–Crippen MR) is 126 cm³/mol. The third kappa shape index (κ3) is 4.73. The van der Waals surface area contributed by atoms with Gasteiger partial charge in [0.2, 0.25) is 0 Å². The third-order valence-corrected chi connectivity index (χ3v) is 5.00. The van der Waals surface area contributed by atoms with Gasteiger partial charge in [-0.15, -0.1) is 6.58 Å². The summed E-state index contributed by atoms with van der Waals surface area (Å²) in [6.45, 7) is 7.62. The van der Waals surface area contributed by atoms with E-state index in [0.717, 1.165) is 4.57 Å². The summed E-state index contributed by atoms with van der Waals surface area (Å²) >= 11 is 0. The van der Waals surface area contributed by atoms with Crippen molar-refractivity contribution in [1.82, 2.24) is 18.7 Å². The summed E-state index contributed by atoms with van der Waals surface area (Å²) in [6.07, 6.45) is 1.50. The van der Waals surface area contributed by atoms with Gasteiger partial charge in [-0.1, -0.05) is 12.0 Å². The zero-order valence-electron chi connectivity index (χ0n) is 19.6. The molecule has 10 nitrogen and oxygen atoms in total. The Balaban J connectivity index is 2.00. The topological polar surface area (TPSA) is 107 Å². The fraction of sp³-hybridized carbons (Fsp3) is 0.333. The van der Waals surface area contributed by atoms with Crippen LogP contribution in [-0.4, -0.2) is 45.0 Å². The van der Waals surface area contributed by atoms with E-state index in [2.05, 4.69) is 23.4 Å². The summed E-state index contributed by atoms with van der Waals surface area (Å²) in [5.41, 5.74) is 0.278. The number of imidazole rings is 1. The summed E-state index contributed by atoms with van der Waals surface area (Å²) < 4.78 is 19.8. The quantitative estimate of drug-likeness (QED) is 0.281. The van der Waals surface area contributed by atoms with Crippen LogP contribution in [0.4, 0.5) is 0 Å². The Hall–Kier alpha value is -4.26. The van der Waals surface area contributed by atoms with E-state index in [0.29, 0.717) is 29.4 Å². The van der Waals surface area contributed by atoms with Crippen LogP contribution in [0.2, 0.25) is 0 Å². The lowest BCUT2D eigenvalue weighted by atomic mass is 10.2. The van der Waals surface area contributed by atoms with E-state index >= 15 is 0 Å². The molecule has 3 aromatic rings. The molecular formula is C24H26N4O6. The highest BCUT2D eigenvalue weighted by Crippen LogP contribution is 2.27. The van der Waals surface area contributed by atoms with E-state index in [4.69, 9.17) is 14.2 Å². The standard InChI is InChI=1S/C24H26N4O6/c1-6-13-28-23(30)21-22(27(7-2)24(28)31)25-19(26(21)4)12-10-16-9-11-17(18(14-16)32-5)34-15-20(29)33-8-3/h6,9,11,14H,1,7-8,13,15H2,2-5H3. The first kappa shape index (κ1) is 24.4. The number of benzene rings is 1. The lowest BCUT2D eigenvalue weighted by Crippen LogP contribution is -2.40. The van der Waals surface area contributed by atoms with Crippen molar-refractivity contribution in [3.63, 3.8) is 0 Å². The van der Waals surface area contributed by atoms with Gasteiger partial charge in [-0.25, -0.2) is 14.6 Å². The predicted octanol–water partition coefficient (Wildman–Crippen LogP) is 1.45. The Morgan fingerprint density at radius 1 is 1.18 bits per heavy atom. The van der Waals surface area contributed by atoms with Gasteiger partial charge in [-0.2, -0.15) is 0 Å². The second-order valence-electron chi connectivity index (χ2n) is 7.11. The maximum absolute atomic E-state index is 12.9. The molecule has 0 N–H and O–H groups in total. The molecule has 0 aliphatic heterocycles. The van der Waals surface area contributed by atoms with E-state index in [1.54, 1.807) is 43.7 Å². The van der Waals surface area contributed by atoms with Crippen molar-refractivity contribution in [3.8, 4) is 23.3 Å². The van der Waals surface area contributed by atoms with Crippen molar-refractivity contribution in [3.05, 3.63) is 63.1 Å². The van der Waals surface area contributed by atoms with Gasteiger partial charge in [-0.05, 0) is 38.0 Å². The van der Waals surface area contributed by atoms with Gasteiger partial charge in [0.05, 0.1) is 13.7 Å². The zero-order chi connectivity index (χ0) is 24.8. The Morgan fingerprint density at radius 3 is 2.59 bits per heavy atom. The Morgan fingerprint density at radius 2 is 1.94 bits per heavy atom. The number of hydrogen-bond donors (Lipinski definition) is 0. The van der Waals surface area contributed by atoms with Crippen molar-refractivity contribution < 1.29 is 19.0 Å². The monoisotopic (exact) mass is 466 g/mol. The molecule has 0 saturated heterocycles. The van der Waals surface area contributed by atoms with Gasteiger partial charge in [0, 0.05) is 25.7 Å². The molecule has 2 aromatic heterocycles. The lowest BCUT2D eigenvalue weighted by molar-refractivity contribution is -0.145. The molecule has 0 radical (unpaired) electrons. The van der Waals surface area contributed by atoms with Gasteiger partial charge >= 0.3 is 11.7 Å². The number of rotatable bonds is 8. The fourth-order valence-electron chi connectivity index (χ4n) is 3.38. The number of esters is 1. The van der Waals surface area contributed by atoms with Crippen molar-refractivity contribution in [2.75, 3.05) is 20.3 Å². The number of fused-ring (bicyclic) bond motifs is 1. The Labute approximate surface area is 196 Å². The largest absolute Gasteiger partial charge is 0.493 e. The molecule has 0 saturated carbocycles. The van der Waals surface area contributed by atoms with Crippen molar-refractivity contribution in [2.45, 2.75) is 26.9 Å². The normalized spacial score (nSPS) is 10.5. The minimum Gasteiger partial charge on any atom is -0.493 e. The molecule has 0 unspecified atom stereocenters. The minimum absolute atomic E-state index is 0.101. The van der Waals surface area contributed by atoms with Gasteiger partial charge in [0.25, 0.3) is 5.56 Å². The summed E-state index contributed by atoms with van der Waals surface area (Å²) in [5.74, 6) is 6.56. The molecule has 2 heterocycles. The molecule has 1 aromatic carbocycles. The molecule has 0 fully saturated rings. The highest BCUT2D eigenvalue weighted by molar-refractivity contribution is 5.72. The lowest BCUT2D eigenvalue weighted by Gasteiger charge is -2.10. The van der Waals surface area contributed by atoms with Crippen molar-refractivity contribution in [1.29, 1.82) is 0 Å². The molecule has 0 spiro atoms. The van der Waals surface area contributed by atoms with Crippen LogP contribution in [0, 0.1) is 11.8 Å². The number of methoxy groups -OCH3 is 1. The molecular weight excluding hydrogens is 440 g/mol. The van der Waals surface area contributed by atoms with Crippen molar-refractivity contribution >= 4 is 17.1 Å². The molecule has 34 heavy (non-hydrogen) atoms. The summed E-state index contributed by atoms with van der Waals surface area (Å²) in [7, 11) is 3.16. The van der Waals surface area contributed by atoms with Crippen LogP contribution in [-0.2, 0) is 29.7 Å². The van der Waals surface area contributed by atoms with E-state index in [1.165, 1.54) is 17.8 Å². The second-order valence-corrected chi connectivity index (χ2v) is 7.11. The Kier molecular flexibility index (Phi) is 7.58. The van der Waals surface area contributed by atoms with Crippen LogP contribution >= 0.6 is 0 Å². The SMILES string of the molecule is C=CCn1c(=O)c2c(nc(C#Cc3ccc(OCC(=O)OCC)c(OC)c3)n2C)n(CC)c1=O. The zero-order valence-corrected chi connectivity index (χ0v) is 19.6. The van der Waals surface area contributed by atoms with Crippen LogP contribution < -0.4 is 20.7 Å². The highest BCUT2D eigenvalue weighted by atomic mass is 16.6. The smallest absolute Gasteiger partial charge is 0.344 e. The van der Waals surface area contributed by atoms with E-state index in [9.17, 15) is 14.4 Å². The number of nitrogens with zero attached hydrogens (tertiary/aromatic N) is 4. The van der Waals surface area contributed by atoms with E-state index in [-0.39, 0.29) is 30.9 Å². The minimum atomic E-state index is -0.479. The number of aryl methyl sites for hydroxylation is 2. The first-order valence-electron chi connectivity index (χ1n) is 10.7. The van der Waals surface area contributed by atoms with Gasteiger partial charge in [0.15, 0.2) is 35.1 Å². The number of carbonyl (C=O) groups excluding carboxylic acids is 1. The van der Waals surface area contributed by atoms with Crippen LogP contribution in [0.25, 0.3) is 11.2 Å². The molecule has 0 bridgehead atoms. The molecule has 0 aliphatic carbocycles. The number of allylic oxidation sites excluding steroid dienone is 1. The maximum atomic E-state index is 12.9. The first-order valence-corrected chi connectivity index (χ1v) is 10.7. The fourth-order valence-corrected chi connectivity index (χ4v) is 3.38. The molecule has 3 rings (SSSR count). The Bertz CT molecular complexity index is 1420. The molecule has 0 amide bonds. The van der Waals surface area contributed by atoms with E-state index < -0.39 is 17.2 Å². The maximum Gasteiger partial charge on any atom is 0.344 e. The van der Waals surface area contributed by atoms with Crippen LogP contribution in [0.5, 0.6) is 11.5 Å².